The summed E-state index contributed by atoms with van der Waals surface area (Å²) in [6.07, 6.45) is 6.29. The molecule has 5 heteroatoms. The summed E-state index contributed by atoms with van der Waals surface area (Å²) in [7, 11) is 0. The molecule has 1 aromatic carbocycles. The van der Waals surface area contributed by atoms with Crippen molar-refractivity contribution >= 4 is 22.6 Å². The number of nitrogens with one attached hydrogen (secondary N) is 2. The van der Waals surface area contributed by atoms with E-state index in [1.54, 1.807) is 6.20 Å². The highest BCUT2D eigenvalue weighted by Gasteiger charge is 2.33. The monoisotopic (exact) mass is 357 g/mol. The summed E-state index contributed by atoms with van der Waals surface area (Å²) in [4.78, 5) is 7.06. The van der Waals surface area contributed by atoms with E-state index < -0.39 is 0 Å². The molecule has 3 heterocycles. The van der Waals surface area contributed by atoms with Gasteiger partial charge in [0.15, 0.2) is 5.82 Å². The first-order chi connectivity index (χ1) is 12.1. The summed E-state index contributed by atoms with van der Waals surface area (Å²) in [5.74, 6) is -0.290. The fourth-order valence-electron chi connectivity index (χ4n) is 4.09. The van der Waals surface area contributed by atoms with Crippen molar-refractivity contribution < 1.29 is 4.39 Å². The molecule has 1 saturated heterocycles. The van der Waals surface area contributed by atoms with Gasteiger partial charge >= 0.3 is 0 Å². The average molecular weight is 358 g/mol. The lowest BCUT2D eigenvalue weighted by Gasteiger charge is -2.38. The number of fused-ring (bicyclic) bond motifs is 1. The molecule has 0 radical (unpaired) electrons. The molecule has 0 atom stereocenters. The molecule has 1 fully saturated rings. The molecule has 0 amide bonds. The molecule has 2 N–H and O–H groups in total. The van der Waals surface area contributed by atoms with Gasteiger partial charge in [0.25, 0.3) is 0 Å². The van der Waals surface area contributed by atoms with Crippen LogP contribution in [0.1, 0.15) is 31.7 Å². The molecule has 3 aromatic rings. The number of rotatable bonds is 3. The van der Waals surface area contributed by atoms with Gasteiger partial charge in [-0.05, 0) is 66.6 Å². The van der Waals surface area contributed by atoms with Crippen molar-refractivity contribution in [3.8, 4) is 11.1 Å². The number of hydrogen-bond acceptors (Lipinski definition) is 2. The Kier molecular flexibility index (Phi) is 4.26. The van der Waals surface area contributed by atoms with Gasteiger partial charge in [0, 0.05) is 17.4 Å². The van der Waals surface area contributed by atoms with E-state index in [1.165, 1.54) is 11.8 Å². The second kappa shape index (κ2) is 6.43. The first-order valence-electron chi connectivity index (χ1n) is 8.77. The molecule has 0 saturated carbocycles. The smallest absolute Gasteiger partial charge is 0.150 e. The molecular weight excluding hydrogens is 337 g/mol. The van der Waals surface area contributed by atoms with Crippen LogP contribution in [0.5, 0.6) is 0 Å². The lowest BCUT2D eigenvalue weighted by molar-refractivity contribution is 0.298. The molecule has 1 aliphatic heterocycles. The fraction of sp³-hybridized carbons (Fsp3) is 0.350. The molecule has 4 rings (SSSR count). The largest absolute Gasteiger partial charge is 0.343 e. The predicted octanol–water partition coefficient (Wildman–Crippen LogP) is 5.05. The Morgan fingerprint density at radius 3 is 2.76 bits per heavy atom. The number of aromatic amines is 1. The quantitative estimate of drug-likeness (QED) is 0.688. The number of pyridine rings is 1. The van der Waals surface area contributed by atoms with Gasteiger partial charge in [-0.15, -0.1) is 0 Å². The first-order valence-corrected chi connectivity index (χ1v) is 9.15. The van der Waals surface area contributed by atoms with Crippen molar-refractivity contribution in [2.45, 2.75) is 31.6 Å². The second-order valence-electron chi connectivity index (χ2n) is 6.80. The van der Waals surface area contributed by atoms with Gasteiger partial charge in [-0.25, -0.2) is 9.37 Å². The minimum atomic E-state index is -0.290. The zero-order valence-electron chi connectivity index (χ0n) is 14.2. The Labute approximate surface area is 151 Å². The van der Waals surface area contributed by atoms with Crippen molar-refractivity contribution in [3.05, 3.63) is 53.1 Å². The molecule has 0 unspecified atom stereocenters. The van der Waals surface area contributed by atoms with Crippen LogP contribution < -0.4 is 5.32 Å². The summed E-state index contributed by atoms with van der Waals surface area (Å²) in [6, 6.07) is 7.99. The number of halogens is 2. The normalized spacial score (nSPS) is 17.1. The van der Waals surface area contributed by atoms with Gasteiger partial charge < -0.3 is 10.3 Å². The van der Waals surface area contributed by atoms with Gasteiger partial charge in [-0.1, -0.05) is 30.7 Å². The highest BCUT2D eigenvalue weighted by atomic mass is 35.5. The number of hydrogen-bond donors (Lipinski definition) is 2. The zero-order valence-corrected chi connectivity index (χ0v) is 15.0. The van der Waals surface area contributed by atoms with Gasteiger partial charge in [-0.3, -0.25) is 0 Å². The minimum absolute atomic E-state index is 0.133. The Bertz CT molecular complexity index is 912. The van der Waals surface area contributed by atoms with E-state index in [9.17, 15) is 4.39 Å². The zero-order chi connectivity index (χ0) is 17.4. The highest BCUT2D eigenvalue weighted by Crippen LogP contribution is 2.42. The Morgan fingerprint density at radius 2 is 2.04 bits per heavy atom. The summed E-state index contributed by atoms with van der Waals surface area (Å²) in [5.41, 5.74) is 3.63. The maximum absolute atomic E-state index is 14.2. The third kappa shape index (κ3) is 2.74. The molecule has 3 nitrogen and oxygen atoms in total. The number of H-pyrrole nitrogens is 1. The summed E-state index contributed by atoms with van der Waals surface area (Å²) in [6.45, 7) is 4.27. The molecule has 1 aliphatic rings. The van der Waals surface area contributed by atoms with Gasteiger partial charge in [0.2, 0.25) is 0 Å². The maximum atomic E-state index is 14.2. The molecule has 25 heavy (non-hydrogen) atoms. The highest BCUT2D eigenvalue weighted by molar-refractivity contribution is 6.31. The molecule has 0 aliphatic carbocycles. The third-order valence-corrected chi connectivity index (χ3v) is 5.93. The van der Waals surface area contributed by atoms with E-state index in [-0.39, 0.29) is 11.2 Å². The second-order valence-corrected chi connectivity index (χ2v) is 7.20. The van der Waals surface area contributed by atoms with Crippen molar-refractivity contribution in [3.63, 3.8) is 0 Å². The van der Waals surface area contributed by atoms with Crippen LogP contribution in [0, 0.1) is 5.82 Å². The number of benzene rings is 1. The van der Waals surface area contributed by atoms with E-state index in [2.05, 4.69) is 34.3 Å². The summed E-state index contributed by atoms with van der Waals surface area (Å²) < 4.78 is 14.2. The molecule has 0 bridgehead atoms. The molecular formula is C20H21ClFN3. The van der Waals surface area contributed by atoms with Crippen LogP contribution >= 0.6 is 11.6 Å². The van der Waals surface area contributed by atoms with Crippen molar-refractivity contribution in [1.82, 2.24) is 15.3 Å². The van der Waals surface area contributed by atoms with E-state index >= 15 is 0 Å². The maximum Gasteiger partial charge on any atom is 0.150 e. The van der Waals surface area contributed by atoms with Crippen LogP contribution in [0.15, 0.2) is 36.7 Å². The van der Waals surface area contributed by atoms with Gasteiger partial charge in [0.05, 0.1) is 5.39 Å². The Morgan fingerprint density at radius 1 is 1.24 bits per heavy atom. The Balaban J connectivity index is 1.81. The average Bonchev–Trinajstić information content (AvgIpc) is 3.03. The van der Waals surface area contributed by atoms with Crippen molar-refractivity contribution in [2.75, 3.05) is 13.1 Å². The SMILES string of the molecule is CCC1(c2ccc(-c3ccnc4[nH]cc(F)c34)cc2Cl)CCNCC1. The van der Waals surface area contributed by atoms with Crippen LogP contribution in [-0.2, 0) is 5.41 Å². The fourth-order valence-corrected chi connectivity index (χ4v) is 4.47. The van der Waals surface area contributed by atoms with E-state index in [0.717, 1.165) is 48.5 Å². The van der Waals surface area contributed by atoms with E-state index in [4.69, 9.17) is 11.6 Å². The van der Waals surface area contributed by atoms with Gasteiger partial charge in [0.1, 0.15) is 5.65 Å². The van der Waals surface area contributed by atoms with Crippen LogP contribution in [0.3, 0.4) is 0 Å². The predicted molar refractivity (Wildman–Crippen MR) is 101 cm³/mol. The lowest BCUT2D eigenvalue weighted by atomic mass is 9.71. The minimum Gasteiger partial charge on any atom is -0.343 e. The van der Waals surface area contributed by atoms with Gasteiger partial charge in [-0.2, -0.15) is 0 Å². The number of nitrogens with zero attached hydrogens (tertiary/aromatic N) is 1. The van der Waals surface area contributed by atoms with Crippen LogP contribution in [0.2, 0.25) is 5.02 Å². The van der Waals surface area contributed by atoms with Crippen LogP contribution in [0.25, 0.3) is 22.2 Å². The number of aromatic nitrogens is 2. The van der Waals surface area contributed by atoms with Crippen LogP contribution in [-0.4, -0.2) is 23.1 Å². The lowest BCUT2D eigenvalue weighted by Crippen LogP contribution is -2.39. The molecule has 0 spiro atoms. The van der Waals surface area contributed by atoms with Crippen molar-refractivity contribution in [2.24, 2.45) is 0 Å². The first kappa shape index (κ1) is 16.6. The third-order valence-electron chi connectivity index (χ3n) is 5.61. The summed E-state index contributed by atoms with van der Waals surface area (Å²) in [5, 5.41) is 4.71. The van der Waals surface area contributed by atoms with E-state index in [0.29, 0.717) is 11.0 Å². The number of piperidine rings is 1. The Hall–Kier alpha value is -1.91. The summed E-state index contributed by atoms with van der Waals surface area (Å²) >= 11 is 6.71. The van der Waals surface area contributed by atoms with Crippen molar-refractivity contribution in [1.29, 1.82) is 0 Å². The standard InChI is InChI=1S/C20H21ClFN3/c1-2-20(6-9-23-10-7-20)15-4-3-13(11-16(15)21)14-5-8-24-19-18(14)17(22)12-25-19/h3-5,8,11-12,23H,2,6-7,9-10H2,1H3,(H,24,25). The molecule has 130 valence electrons. The topological polar surface area (TPSA) is 40.7 Å². The van der Waals surface area contributed by atoms with E-state index in [1.807, 2.05) is 12.1 Å². The molecule has 2 aromatic heterocycles. The van der Waals surface area contributed by atoms with Crippen LogP contribution in [0.4, 0.5) is 4.39 Å².